The van der Waals surface area contributed by atoms with Crippen molar-refractivity contribution in [1.82, 2.24) is 5.43 Å². The van der Waals surface area contributed by atoms with Gasteiger partial charge in [-0.3, -0.25) is 5.84 Å². The Morgan fingerprint density at radius 1 is 1.05 bits per heavy atom. The largest absolute Gasteiger partial charge is 0.492 e. The number of halogens is 2. The predicted molar refractivity (Wildman–Crippen MR) is 68.4 cm³/mol. The van der Waals surface area contributed by atoms with E-state index in [4.69, 9.17) is 10.6 Å². The summed E-state index contributed by atoms with van der Waals surface area (Å²) in [5.74, 6) is 4.77. The molecular formula is C14H14F2N2O. The van der Waals surface area contributed by atoms with Crippen LogP contribution in [0.5, 0.6) is 5.75 Å². The number of ether oxygens (including phenoxy) is 1. The van der Waals surface area contributed by atoms with Gasteiger partial charge in [0.25, 0.3) is 0 Å². The van der Waals surface area contributed by atoms with Crippen LogP contribution in [0.3, 0.4) is 0 Å². The molecule has 0 saturated heterocycles. The zero-order chi connectivity index (χ0) is 13.7. The fraction of sp³-hybridized carbons (Fsp3) is 0.143. The SMILES string of the molecule is NNC(COc1ccccc1)c1cc(F)cc(F)c1. The molecule has 2 aromatic carbocycles. The fourth-order valence-electron chi connectivity index (χ4n) is 1.71. The number of hydrogen-bond donors (Lipinski definition) is 2. The molecule has 0 spiro atoms. The van der Waals surface area contributed by atoms with Crippen LogP contribution in [-0.4, -0.2) is 6.61 Å². The van der Waals surface area contributed by atoms with Gasteiger partial charge in [-0.05, 0) is 29.8 Å². The molecule has 5 heteroatoms. The van der Waals surface area contributed by atoms with Crippen molar-refractivity contribution >= 4 is 0 Å². The first-order valence-electron chi connectivity index (χ1n) is 5.79. The Morgan fingerprint density at radius 2 is 1.68 bits per heavy atom. The summed E-state index contributed by atoms with van der Waals surface area (Å²) in [4.78, 5) is 0. The van der Waals surface area contributed by atoms with Crippen molar-refractivity contribution < 1.29 is 13.5 Å². The topological polar surface area (TPSA) is 47.3 Å². The third kappa shape index (κ3) is 3.74. The lowest BCUT2D eigenvalue weighted by Gasteiger charge is -2.17. The van der Waals surface area contributed by atoms with Gasteiger partial charge in [-0.2, -0.15) is 0 Å². The summed E-state index contributed by atoms with van der Waals surface area (Å²) in [7, 11) is 0. The molecule has 0 radical (unpaired) electrons. The van der Waals surface area contributed by atoms with Crippen LogP contribution < -0.4 is 16.0 Å². The van der Waals surface area contributed by atoms with Crippen molar-refractivity contribution in [3.8, 4) is 5.75 Å². The molecule has 0 aliphatic heterocycles. The van der Waals surface area contributed by atoms with Crippen molar-refractivity contribution in [1.29, 1.82) is 0 Å². The summed E-state index contributed by atoms with van der Waals surface area (Å²) in [6, 6.07) is 11.9. The summed E-state index contributed by atoms with van der Waals surface area (Å²) in [6.45, 7) is 0.170. The average molecular weight is 264 g/mol. The van der Waals surface area contributed by atoms with Gasteiger partial charge in [-0.1, -0.05) is 18.2 Å². The molecule has 2 rings (SSSR count). The molecular weight excluding hydrogens is 250 g/mol. The van der Waals surface area contributed by atoms with Gasteiger partial charge in [-0.15, -0.1) is 0 Å². The lowest BCUT2D eigenvalue weighted by Crippen LogP contribution is -2.32. The second-order valence-corrected chi connectivity index (χ2v) is 4.05. The van der Waals surface area contributed by atoms with Crippen molar-refractivity contribution in [3.05, 3.63) is 65.7 Å². The van der Waals surface area contributed by atoms with Crippen molar-refractivity contribution in [2.75, 3.05) is 6.61 Å². The molecule has 1 atom stereocenters. The molecule has 0 bridgehead atoms. The van der Waals surface area contributed by atoms with Gasteiger partial charge in [0.15, 0.2) is 0 Å². The van der Waals surface area contributed by atoms with E-state index in [0.717, 1.165) is 6.07 Å². The van der Waals surface area contributed by atoms with Crippen LogP contribution in [0, 0.1) is 11.6 Å². The van der Waals surface area contributed by atoms with E-state index in [1.54, 1.807) is 12.1 Å². The van der Waals surface area contributed by atoms with Crippen LogP contribution >= 0.6 is 0 Å². The highest BCUT2D eigenvalue weighted by molar-refractivity contribution is 5.23. The van der Waals surface area contributed by atoms with Gasteiger partial charge in [0.2, 0.25) is 0 Å². The number of benzene rings is 2. The van der Waals surface area contributed by atoms with E-state index < -0.39 is 17.7 Å². The second-order valence-electron chi connectivity index (χ2n) is 4.05. The zero-order valence-electron chi connectivity index (χ0n) is 10.1. The number of para-hydroxylation sites is 1. The minimum Gasteiger partial charge on any atom is -0.492 e. The third-order valence-corrected chi connectivity index (χ3v) is 2.65. The van der Waals surface area contributed by atoms with Gasteiger partial charge in [-0.25, -0.2) is 14.2 Å². The van der Waals surface area contributed by atoms with E-state index >= 15 is 0 Å². The Hall–Kier alpha value is -1.98. The van der Waals surface area contributed by atoms with Crippen LogP contribution in [0.2, 0.25) is 0 Å². The smallest absolute Gasteiger partial charge is 0.126 e. The predicted octanol–water partition coefficient (Wildman–Crippen LogP) is 2.55. The third-order valence-electron chi connectivity index (χ3n) is 2.65. The van der Waals surface area contributed by atoms with Crippen molar-refractivity contribution in [3.63, 3.8) is 0 Å². The quantitative estimate of drug-likeness (QED) is 0.644. The number of hydrazine groups is 1. The molecule has 100 valence electrons. The molecule has 0 aliphatic carbocycles. The molecule has 0 amide bonds. The highest BCUT2D eigenvalue weighted by atomic mass is 19.1. The van der Waals surface area contributed by atoms with Crippen LogP contribution in [0.4, 0.5) is 8.78 Å². The zero-order valence-corrected chi connectivity index (χ0v) is 10.1. The first kappa shape index (κ1) is 13.5. The highest BCUT2D eigenvalue weighted by Crippen LogP contribution is 2.18. The molecule has 0 saturated carbocycles. The fourth-order valence-corrected chi connectivity index (χ4v) is 1.71. The summed E-state index contributed by atoms with van der Waals surface area (Å²) >= 11 is 0. The monoisotopic (exact) mass is 264 g/mol. The standard InChI is InChI=1S/C14H14F2N2O/c15-11-6-10(7-12(16)8-11)14(18-17)9-19-13-4-2-1-3-5-13/h1-8,14,18H,9,17H2. The molecule has 0 heterocycles. The van der Waals surface area contributed by atoms with Crippen molar-refractivity contribution in [2.45, 2.75) is 6.04 Å². The number of rotatable bonds is 5. The minimum atomic E-state index is -0.644. The van der Waals surface area contributed by atoms with Crippen LogP contribution in [-0.2, 0) is 0 Å². The van der Waals surface area contributed by atoms with E-state index in [1.165, 1.54) is 12.1 Å². The van der Waals surface area contributed by atoms with E-state index in [2.05, 4.69) is 5.43 Å². The molecule has 0 aliphatic rings. The van der Waals surface area contributed by atoms with Crippen LogP contribution in [0.15, 0.2) is 48.5 Å². The van der Waals surface area contributed by atoms with Gasteiger partial charge in [0.05, 0.1) is 6.04 Å². The molecule has 0 fully saturated rings. The summed E-state index contributed by atoms with van der Waals surface area (Å²) in [5, 5.41) is 0. The maximum atomic E-state index is 13.1. The summed E-state index contributed by atoms with van der Waals surface area (Å²) in [5.41, 5.74) is 2.88. The van der Waals surface area contributed by atoms with E-state index in [0.29, 0.717) is 11.3 Å². The van der Waals surface area contributed by atoms with E-state index in [9.17, 15) is 8.78 Å². The number of hydrogen-bond acceptors (Lipinski definition) is 3. The average Bonchev–Trinajstić information content (AvgIpc) is 2.39. The molecule has 0 aromatic heterocycles. The molecule has 3 nitrogen and oxygen atoms in total. The minimum absolute atomic E-state index is 0.170. The first-order chi connectivity index (χ1) is 9.19. The van der Waals surface area contributed by atoms with Crippen LogP contribution in [0.1, 0.15) is 11.6 Å². The van der Waals surface area contributed by atoms with Gasteiger partial charge >= 0.3 is 0 Å². The Kier molecular flexibility index (Phi) is 4.43. The molecule has 2 aromatic rings. The summed E-state index contributed by atoms with van der Waals surface area (Å²) in [6.07, 6.45) is 0. The number of nitrogens with two attached hydrogens (primary N) is 1. The van der Waals surface area contributed by atoms with Gasteiger partial charge in [0, 0.05) is 6.07 Å². The first-order valence-corrected chi connectivity index (χ1v) is 5.79. The summed E-state index contributed by atoms with van der Waals surface area (Å²) < 4.78 is 31.8. The maximum Gasteiger partial charge on any atom is 0.126 e. The van der Waals surface area contributed by atoms with Gasteiger partial charge in [0.1, 0.15) is 24.0 Å². The van der Waals surface area contributed by atoms with Crippen molar-refractivity contribution in [2.24, 2.45) is 5.84 Å². The maximum absolute atomic E-state index is 13.1. The van der Waals surface area contributed by atoms with Crippen LogP contribution in [0.25, 0.3) is 0 Å². The molecule has 1 unspecified atom stereocenters. The normalized spacial score (nSPS) is 12.2. The molecule has 19 heavy (non-hydrogen) atoms. The van der Waals surface area contributed by atoms with Gasteiger partial charge < -0.3 is 4.74 Å². The number of nitrogens with one attached hydrogen (secondary N) is 1. The Labute approximate surface area is 110 Å². The van der Waals surface area contributed by atoms with E-state index in [-0.39, 0.29) is 6.61 Å². The highest BCUT2D eigenvalue weighted by Gasteiger charge is 2.13. The Balaban J connectivity index is 2.07. The lowest BCUT2D eigenvalue weighted by atomic mass is 10.1. The molecule has 3 N–H and O–H groups in total. The van der Waals surface area contributed by atoms with E-state index in [1.807, 2.05) is 18.2 Å². The Morgan fingerprint density at radius 3 is 2.26 bits per heavy atom. The Bertz CT molecular complexity index is 514. The second kappa shape index (κ2) is 6.26. The lowest BCUT2D eigenvalue weighted by molar-refractivity contribution is 0.267.